The number of nitrogens with zero attached hydrogens (tertiary/aromatic N) is 1. The first-order valence-electron chi connectivity index (χ1n) is 7.01. The van der Waals surface area contributed by atoms with Crippen LogP contribution in [0.15, 0.2) is 48.5 Å². The van der Waals surface area contributed by atoms with Crippen molar-refractivity contribution in [1.29, 1.82) is 5.26 Å². The molecule has 2 aromatic carbocycles. The second-order valence-electron chi connectivity index (χ2n) is 4.91. The Labute approximate surface area is 137 Å². The Kier molecular flexibility index (Phi) is 5.42. The molecule has 0 aliphatic heterocycles. The van der Waals surface area contributed by atoms with Gasteiger partial charge in [-0.25, -0.2) is 4.79 Å². The second-order valence-corrected chi connectivity index (χ2v) is 4.91. The van der Waals surface area contributed by atoms with E-state index in [-0.39, 0.29) is 12.2 Å². The van der Waals surface area contributed by atoms with Crippen molar-refractivity contribution in [3.63, 3.8) is 0 Å². The normalized spacial score (nSPS) is 9.79. The molecule has 0 bridgehead atoms. The predicted molar refractivity (Wildman–Crippen MR) is 83.5 cm³/mol. The van der Waals surface area contributed by atoms with Crippen LogP contribution in [0.25, 0.3) is 0 Å². The minimum absolute atomic E-state index is 0.148. The highest BCUT2D eigenvalue weighted by molar-refractivity contribution is 6.37. The number of hydrogen-bond donors (Lipinski definition) is 1. The maximum absolute atomic E-state index is 11.9. The quantitative estimate of drug-likeness (QED) is 0.476. The Morgan fingerprint density at radius 3 is 2.54 bits per heavy atom. The van der Waals surface area contributed by atoms with Crippen LogP contribution in [0.1, 0.15) is 27.9 Å². The van der Waals surface area contributed by atoms with Crippen molar-refractivity contribution < 1.29 is 24.2 Å². The van der Waals surface area contributed by atoms with E-state index >= 15 is 0 Å². The number of carbonyl (C=O) groups is 3. The van der Waals surface area contributed by atoms with E-state index in [1.54, 1.807) is 36.4 Å². The van der Waals surface area contributed by atoms with Gasteiger partial charge in [0.2, 0.25) is 5.78 Å². The number of Topliss-reactive ketones (excluding diaryl/α,β-unsaturated/α-hetero) is 2. The lowest BCUT2D eigenvalue weighted by Crippen LogP contribution is -2.17. The van der Waals surface area contributed by atoms with E-state index in [0.29, 0.717) is 16.9 Å². The molecule has 120 valence electrons. The monoisotopic (exact) mass is 323 g/mol. The highest BCUT2D eigenvalue weighted by Gasteiger charge is 2.18. The Morgan fingerprint density at radius 2 is 1.83 bits per heavy atom. The number of benzene rings is 2. The first kappa shape index (κ1) is 16.9. The van der Waals surface area contributed by atoms with E-state index in [2.05, 4.69) is 6.07 Å². The number of aliphatic carboxylic acids is 1. The number of ketones is 2. The van der Waals surface area contributed by atoms with Crippen LogP contribution in [0.2, 0.25) is 0 Å². The van der Waals surface area contributed by atoms with Crippen molar-refractivity contribution >= 4 is 17.5 Å². The Bertz CT molecular complexity index is 835. The van der Waals surface area contributed by atoms with Gasteiger partial charge < -0.3 is 9.84 Å². The van der Waals surface area contributed by atoms with Crippen LogP contribution in [0.3, 0.4) is 0 Å². The van der Waals surface area contributed by atoms with Crippen LogP contribution in [0, 0.1) is 11.3 Å². The van der Waals surface area contributed by atoms with E-state index in [0.717, 1.165) is 0 Å². The average molecular weight is 323 g/mol. The van der Waals surface area contributed by atoms with Gasteiger partial charge in [-0.1, -0.05) is 30.3 Å². The summed E-state index contributed by atoms with van der Waals surface area (Å²) in [5, 5.41) is 17.6. The fraction of sp³-hybridized carbons (Fsp3) is 0.111. The van der Waals surface area contributed by atoms with Crippen LogP contribution >= 0.6 is 0 Å². The van der Waals surface area contributed by atoms with Gasteiger partial charge in [0.1, 0.15) is 12.4 Å². The zero-order chi connectivity index (χ0) is 17.5. The first-order valence-corrected chi connectivity index (χ1v) is 7.01. The van der Waals surface area contributed by atoms with Gasteiger partial charge in [0, 0.05) is 11.1 Å². The van der Waals surface area contributed by atoms with Crippen LogP contribution < -0.4 is 4.74 Å². The average Bonchev–Trinajstić information content (AvgIpc) is 2.60. The van der Waals surface area contributed by atoms with Gasteiger partial charge in [-0.2, -0.15) is 5.26 Å². The minimum Gasteiger partial charge on any atom is -0.489 e. The molecule has 0 saturated heterocycles. The third kappa shape index (κ3) is 4.27. The van der Waals surface area contributed by atoms with Crippen LogP contribution in [-0.2, 0) is 16.2 Å². The molecule has 0 heterocycles. The van der Waals surface area contributed by atoms with Crippen molar-refractivity contribution in [2.24, 2.45) is 0 Å². The predicted octanol–water partition coefficient (Wildman–Crippen LogP) is 2.36. The lowest BCUT2D eigenvalue weighted by Gasteiger charge is -2.08. The largest absolute Gasteiger partial charge is 0.489 e. The molecule has 6 heteroatoms. The van der Waals surface area contributed by atoms with Gasteiger partial charge in [-0.3, -0.25) is 9.59 Å². The molecule has 0 saturated carbocycles. The lowest BCUT2D eigenvalue weighted by molar-refractivity contribution is -0.148. The molecule has 1 N–H and O–H groups in total. The maximum atomic E-state index is 11.9. The Balaban J connectivity index is 2.08. The Morgan fingerprint density at radius 1 is 1.08 bits per heavy atom. The molecule has 0 aliphatic carbocycles. The fourth-order valence-corrected chi connectivity index (χ4v) is 2.00. The van der Waals surface area contributed by atoms with Gasteiger partial charge >= 0.3 is 5.97 Å². The molecule has 0 aliphatic rings. The van der Waals surface area contributed by atoms with Crippen LogP contribution in [0.5, 0.6) is 5.75 Å². The summed E-state index contributed by atoms with van der Waals surface area (Å²) in [7, 11) is 0. The molecule has 6 nitrogen and oxygen atoms in total. The molecule has 0 amide bonds. The molecule has 0 aromatic heterocycles. The van der Waals surface area contributed by atoms with Crippen molar-refractivity contribution in [3.05, 3.63) is 65.2 Å². The van der Waals surface area contributed by atoms with Crippen LogP contribution in [0.4, 0.5) is 0 Å². The molecule has 0 unspecified atom stereocenters. The number of rotatable bonds is 7. The summed E-state index contributed by atoms with van der Waals surface area (Å²) in [5.41, 5.74) is 1.39. The number of carbonyl (C=O) groups excluding carboxylic acids is 2. The molecule has 2 rings (SSSR count). The summed E-state index contributed by atoms with van der Waals surface area (Å²) >= 11 is 0. The summed E-state index contributed by atoms with van der Waals surface area (Å²) in [6, 6.07) is 15.2. The second kappa shape index (κ2) is 7.70. The molecule has 2 aromatic rings. The van der Waals surface area contributed by atoms with Gasteiger partial charge in [-0.05, 0) is 18.2 Å². The zero-order valence-corrected chi connectivity index (χ0v) is 12.6. The Hall–Kier alpha value is -3.46. The van der Waals surface area contributed by atoms with Crippen LogP contribution in [-0.4, -0.2) is 22.6 Å². The zero-order valence-electron chi connectivity index (χ0n) is 12.6. The van der Waals surface area contributed by atoms with E-state index in [9.17, 15) is 14.4 Å². The summed E-state index contributed by atoms with van der Waals surface area (Å²) < 4.78 is 5.57. The van der Waals surface area contributed by atoms with E-state index in [4.69, 9.17) is 15.1 Å². The van der Waals surface area contributed by atoms with Crippen molar-refractivity contribution in [2.75, 3.05) is 0 Å². The summed E-state index contributed by atoms with van der Waals surface area (Å²) in [5.74, 6) is -3.00. The van der Waals surface area contributed by atoms with Gasteiger partial charge in [-0.15, -0.1) is 0 Å². The van der Waals surface area contributed by atoms with Crippen molar-refractivity contribution in [1.82, 2.24) is 0 Å². The minimum atomic E-state index is -1.64. The first-order chi connectivity index (χ1) is 11.5. The topological polar surface area (TPSA) is 104 Å². The highest BCUT2D eigenvalue weighted by atomic mass is 16.5. The summed E-state index contributed by atoms with van der Waals surface area (Å²) in [4.78, 5) is 33.5. The van der Waals surface area contributed by atoms with Gasteiger partial charge in [0.25, 0.3) is 0 Å². The maximum Gasteiger partial charge on any atom is 0.372 e. The molecule has 0 fully saturated rings. The van der Waals surface area contributed by atoms with Crippen molar-refractivity contribution in [2.45, 2.75) is 13.0 Å². The van der Waals surface area contributed by atoms with E-state index in [1.165, 1.54) is 12.1 Å². The molecule has 24 heavy (non-hydrogen) atoms. The van der Waals surface area contributed by atoms with Gasteiger partial charge in [0.15, 0.2) is 5.78 Å². The third-order valence-corrected chi connectivity index (χ3v) is 3.25. The van der Waals surface area contributed by atoms with Crippen molar-refractivity contribution in [3.8, 4) is 11.8 Å². The molecule has 0 spiro atoms. The number of carboxylic acid groups (broad SMARTS) is 1. The number of hydrogen-bond acceptors (Lipinski definition) is 5. The standard InChI is InChI=1S/C18H13NO5/c19-10-13-4-1-2-5-14(13)11-24-15-7-3-6-12(8-15)16(20)9-17(21)18(22)23/h1-8H,9,11H2,(H,22,23). The molecule has 0 atom stereocenters. The number of carboxylic acids is 1. The lowest BCUT2D eigenvalue weighted by atomic mass is 10.1. The molecular formula is C18H13NO5. The fourth-order valence-electron chi connectivity index (χ4n) is 2.00. The highest BCUT2D eigenvalue weighted by Crippen LogP contribution is 2.17. The molecular weight excluding hydrogens is 310 g/mol. The van der Waals surface area contributed by atoms with E-state index in [1.807, 2.05) is 0 Å². The van der Waals surface area contributed by atoms with E-state index < -0.39 is 24.0 Å². The number of nitriles is 1. The third-order valence-electron chi connectivity index (χ3n) is 3.25. The molecule has 0 radical (unpaired) electrons. The summed E-state index contributed by atoms with van der Waals surface area (Å²) in [6.45, 7) is 0.148. The van der Waals surface area contributed by atoms with Gasteiger partial charge in [0.05, 0.1) is 18.1 Å². The smallest absolute Gasteiger partial charge is 0.372 e. The summed E-state index contributed by atoms with van der Waals surface area (Å²) in [6.07, 6.45) is -0.698. The SMILES string of the molecule is N#Cc1ccccc1COc1cccc(C(=O)CC(=O)C(=O)O)c1. The number of ether oxygens (including phenoxy) is 1.